The Morgan fingerprint density at radius 3 is 2.63 bits per heavy atom. The predicted octanol–water partition coefficient (Wildman–Crippen LogP) is 3.35. The second-order valence-electron chi connectivity index (χ2n) is 7.25. The number of rotatable bonds is 2. The Balaban J connectivity index is 1.33. The van der Waals surface area contributed by atoms with Gasteiger partial charge < -0.3 is 18.6 Å². The molecule has 2 aromatic heterocycles. The highest BCUT2D eigenvalue weighted by Gasteiger charge is 2.41. The summed E-state index contributed by atoms with van der Waals surface area (Å²) in [5, 5.41) is 0. The van der Waals surface area contributed by atoms with Crippen LogP contribution in [0.4, 0.5) is 0 Å². The molecule has 1 aromatic carbocycles. The second-order valence-corrected chi connectivity index (χ2v) is 7.25. The van der Waals surface area contributed by atoms with Gasteiger partial charge in [-0.05, 0) is 37.1 Å². The fourth-order valence-electron chi connectivity index (χ4n) is 4.06. The molecule has 1 fully saturated rings. The highest BCUT2D eigenvalue weighted by Crippen LogP contribution is 2.36. The third-order valence-electron chi connectivity index (χ3n) is 5.65. The molecule has 0 bridgehead atoms. The van der Waals surface area contributed by atoms with Gasteiger partial charge in [0, 0.05) is 18.7 Å². The van der Waals surface area contributed by atoms with E-state index >= 15 is 0 Å². The van der Waals surface area contributed by atoms with Crippen molar-refractivity contribution in [2.75, 3.05) is 13.1 Å². The Kier molecular flexibility index (Phi) is 3.86. The lowest BCUT2D eigenvalue weighted by atomic mass is 9.89. The average Bonchev–Trinajstić information content (AvgIpc) is 3.38. The van der Waals surface area contributed by atoms with Gasteiger partial charge in [0.25, 0.3) is 5.91 Å². The monoisotopic (exact) mass is 363 g/mol. The van der Waals surface area contributed by atoms with Crippen LogP contribution in [0.1, 0.15) is 29.0 Å². The fourth-order valence-corrected chi connectivity index (χ4v) is 4.06. The molecule has 1 amide bonds. The van der Waals surface area contributed by atoms with Crippen LogP contribution in [-0.4, -0.2) is 39.0 Å². The number of fused-ring (bicyclic) bond motifs is 1. The molecule has 27 heavy (non-hydrogen) atoms. The highest BCUT2D eigenvalue weighted by atomic mass is 16.5. The number of nitrogens with zero attached hydrogens (tertiary/aromatic N) is 3. The van der Waals surface area contributed by atoms with Gasteiger partial charge in [0.05, 0.1) is 24.6 Å². The van der Waals surface area contributed by atoms with E-state index in [1.807, 2.05) is 53.6 Å². The van der Waals surface area contributed by atoms with E-state index in [-0.39, 0.29) is 11.5 Å². The van der Waals surface area contributed by atoms with Crippen LogP contribution in [0.15, 0.2) is 59.3 Å². The summed E-state index contributed by atoms with van der Waals surface area (Å²) < 4.78 is 14.0. The number of hydrogen-bond acceptors (Lipinski definition) is 4. The molecule has 1 spiro atoms. The van der Waals surface area contributed by atoms with Gasteiger partial charge in [0.2, 0.25) is 0 Å². The van der Waals surface area contributed by atoms with Gasteiger partial charge in [-0.2, -0.15) is 0 Å². The van der Waals surface area contributed by atoms with Gasteiger partial charge in [0.1, 0.15) is 18.1 Å². The van der Waals surface area contributed by atoms with Gasteiger partial charge in [-0.15, -0.1) is 0 Å². The minimum absolute atomic E-state index is 0.0980. The van der Waals surface area contributed by atoms with E-state index in [1.54, 1.807) is 6.26 Å². The van der Waals surface area contributed by atoms with E-state index in [4.69, 9.17) is 9.15 Å². The van der Waals surface area contributed by atoms with Crippen molar-refractivity contribution in [3.63, 3.8) is 0 Å². The van der Waals surface area contributed by atoms with Crippen molar-refractivity contribution >= 4 is 5.91 Å². The van der Waals surface area contributed by atoms with Gasteiger partial charge in [-0.3, -0.25) is 4.79 Å². The normalized spacial score (nSPS) is 18.4. The van der Waals surface area contributed by atoms with Crippen LogP contribution in [0.2, 0.25) is 0 Å². The standard InChI is InChI=1S/C21H21N3O3/c25-20(16-5-2-1-3-6-16)23-10-8-21(9-11-23)15-24-17(18-7-4-12-26-18)13-22-19(24)14-27-21/h1-7,12-13H,8-11,14-15H2. The molecule has 2 aliphatic heterocycles. The lowest BCUT2D eigenvalue weighted by Gasteiger charge is -2.44. The number of carbonyl (C=O) groups excluding carboxylic acids is 1. The van der Waals surface area contributed by atoms with Crippen molar-refractivity contribution in [3.05, 3.63) is 66.3 Å². The molecule has 1 saturated heterocycles. The Morgan fingerprint density at radius 1 is 1.07 bits per heavy atom. The molecule has 0 atom stereocenters. The third kappa shape index (κ3) is 2.86. The summed E-state index contributed by atoms with van der Waals surface area (Å²) in [4.78, 5) is 19.1. The Morgan fingerprint density at radius 2 is 1.89 bits per heavy atom. The number of likely N-dealkylation sites (tertiary alicyclic amines) is 1. The largest absolute Gasteiger partial charge is 0.463 e. The first-order valence-electron chi connectivity index (χ1n) is 9.31. The Hall–Kier alpha value is -2.86. The molecule has 6 heteroatoms. The summed E-state index contributed by atoms with van der Waals surface area (Å²) in [5.41, 5.74) is 1.48. The predicted molar refractivity (Wildman–Crippen MR) is 99.0 cm³/mol. The molecule has 6 nitrogen and oxygen atoms in total. The highest BCUT2D eigenvalue weighted by molar-refractivity contribution is 5.94. The summed E-state index contributed by atoms with van der Waals surface area (Å²) in [6.07, 6.45) is 5.17. The van der Waals surface area contributed by atoms with Crippen molar-refractivity contribution in [1.29, 1.82) is 0 Å². The molecule has 0 N–H and O–H groups in total. The molecule has 138 valence electrons. The fraction of sp³-hybridized carbons (Fsp3) is 0.333. The maximum atomic E-state index is 12.7. The van der Waals surface area contributed by atoms with Crippen molar-refractivity contribution in [3.8, 4) is 11.5 Å². The summed E-state index contributed by atoms with van der Waals surface area (Å²) in [6, 6.07) is 13.3. The Bertz CT molecular complexity index is 938. The van der Waals surface area contributed by atoms with Crippen LogP contribution in [0, 0.1) is 0 Å². The number of ether oxygens (including phenoxy) is 1. The van der Waals surface area contributed by atoms with Crippen molar-refractivity contribution in [2.24, 2.45) is 0 Å². The Labute approximate surface area is 157 Å². The van der Waals surface area contributed by atoms with Crippen molar-refractivity contribution < 1.29 is 13.9 Å². The van der Waals surface area contributed by atoms with Crippen molar-refractivity contribution in [1.82, 2.24) is 14.5 Å². The number of carbonyl (C=O) groups is 1. The number of hydrogen-bond donors (Lipinski definition) is 0. The number of aromatic nitrogens is 2. The molecule has 4 heterocycles. The van der Waals surface area contributed by atoms with Gasteiger partial charge in [-0.1, -0.05) is 18.2 Å². The second kappa shape index (κ2) is 6.39. The summed E-state index contributed by atoms with van der Waals surface area (Å²) in [6.45, 7) is 2.64. The van der Waals surface area contributed by atoms with Crippen molar-refractivity contribution in [2.45, 2.75) is 31.6 Å². The van der Waals surface area contributed by atoms with Crippen LogP contribution in [0.25, 0.3) is 11.5 Å². The molecule has 3 aromatic rings. The first kappa shape index (κ1) is 16.3. The minimum Gasteiger partial charge on any atom is -0.463 e. The minimum atomic E-state index is -0.248. The van der Waals surface area contributed by atoms with Crippen LogP contribution in [0.5, 0.6) is 0 Å². The zero-order valence-corrected chi connectivity index (χ0v) is 15.0. The first-order valence-corrected chi connectivity index (χ1v) is 9.31. The van der Waals surface area contributed by atoms with E-state index in [1.165, 1.54) is 0 Å². The lowest BCUT2D eigenvalue weighted by molar-refractivity contribution is -0.117. The van der Waals surface area contributed by atoms with Gasteiger partial charge >= 0.3 is 0 Å². The van der Waals surface area contributed by atoms with E-state index in [2.05, 4.69) is 9.55 Å². The summed E-state index contributed by atoms with van der Waals surface area (Å²) in [7, 11) is 0. The molecule has 0 saturated carbocycles. The SMILES string of the molecule is O=C(c1ccccc1)N1CCC2(CC1)Cn1c(-c3ccco3)cnc1CO2. The van der Waals surface area contributed by atoms with Crippen LogP contribution >= 0.6 is 0 Å². The summed E-state index contributed by atoms with van der Waals surface area (Å²) >= 11 is 0. The first-order chi connectivity index (χ1) is 13.2. The third-order valence-corrected chi connectivity index (χ3v) is 5.65. The number of piperidine rings is 1. The zero-order chi connectivity index (χ0) is 18.3. The molecule has 0 radical (unpaired) electrons. The smallest absolute Gasteiger partial charge is 0.253 e. The number of amides is 1. The molecule has 5 rings (SSSR count). The zero-order valence-electron chi connectivity index (χ0n) is 15.0. The quantitative estimate of drug-likeness (QED) is 0.701. The van der Waals surface area contributed by atoms with Crippen LogP contribution in [-0.2, 0) is 17.9 Å². The van der Waals surface area contributed by atoms with E-state index in [0.717, 1.165) is 42.2 Å². The van der Waals surface area contributed by atoms with Crippen LogP contribution < -0.4 is 0 Å². The molecule has 0 unspecified atom stereocenters. The topological polar surface area (TPSA) is 60.5 Å². The number of benzene rings is 1. The maximum absolute atomic E-state index is 12.7. The molecular weight excluding hydrogens is 342 g/mol. The van der Waals surface area contributed by atoms with Gasteiger partial charge in [-0.25, -0.2) is 4.98 Å². The van der Waals surface area contributed by atoms with E-state index < -0.39 is 0 Å². The molecular formula is C21H21N3O3. The average molecular weight is 363 g/mol. The molecule has 0 aliphatic carbocycles. The number of imidazole rings is 1. The van der Waals surface area contributed by atoms with E-state index in [9.17, 15) is 4.79 Å². The maximum Gasteiger partial charge on any atom is 0.253 e. The van der Waals surface area contributed by atoms with Gasteiger partial charge in [0.15, 0.2) is 5.76 Å². The summed E-state index contributed by atoms with van der Waals surface area (Å²) in [5.74, 6) is 1.85. The van der Waals surface area contributed by atoms with Crippen LogP contribution in [0.3, 0.4) is 0 Å². The lowest BCUT2D eigenvalue weighted by Crippen LogP contribution is -2.52. The van der Waals surface area contributed by atoms with E-state index in [0.29, 0.717) is 19.7 Å². The molecule has 2 aliphatic rings. The number of furan rings is 1.